The van der Waals surface area contributed by atoms with E-state index < -0.39 is 0 Å². The Bertz CT molecular complexity index is 288. The van der Waals surface area contributed by atoms with Crippen LogP contribution in [0.5, 0.6) is 0 Å². The second-order valence-corrected chi connectivity index (χ2v) is 6.23. The van der Waals surface area contributed by atoms with E-state index >= 15 is 0 Å². The van der Waals surface area contributed by atoms with E-state index in [1.54, 1.807) is 0 Å². The second-order valence-electron chi connectivity index (χ2n) is 5.20. The first kappa shape index (κ1) is 13.1. The lowest BCUT2D eigenvalue weighted by Gasteiger charge is -2.30. The lowest BCUT2D eigenvalue weighted by Crippen LogP contribution is -2.37. The van der Waals surface area contributed by atoms with Crippen LogP contribution in [0.3, 0.4) is 0 Å². The number of thiophene rings is 1. The third-order valence-corrected chi connectivity index (χ3v) is 4.95. The predicted octanol–water partition coefficient (Wildman–Crippen LogP) is 4.24. The molecule has 0 aliphatic heterocycles. The summed E-state index contributed by atoms with van der Waals surface area (Å²) in [6, 6.07) is 5.15. The van der Waals surface area contributed by atoms with Gasteiger partial charge < -0.3 is 5.32 Å². The maximum absolute atomic E-state index is 3.78. The molecule has 1 heterocycles. The zero-order valence-electron chi connectivity index (χ0n) is 11.0. The highest BCUT2D eigenvalue weighted by Crippen LogP contribution is 2.27. The highest BCUT2D eigenvalue weighted by Gasteiger charge is 2.21. The number of rotatable bonds is 6. The number of nitrogens with one attached hydrogen (secondary N) is 1. The fourth-order valence-electron chi connectivity index (χ4n) is 3.02. The van der Waals surface area contributed by atoms with Crippen molar-refractivity contribution < 1.29 is 0 Å². The van der Waals surface area contributed by atoms with Crippen molar-refractivity contribution in [3.05, 3.63) is 22.4 Å². The largest absolute Gasteiger partial charge is 0.313 e. The molecule has 0 radical (unpaired) electrons. The molecule has 1 aliphatic rings. The van der Waals surface area contributed by atoms with E-state index in [9.17, 15) is 0 Å². The van der Waals surface area contributed by atoms with E-state index in [0.717, 1.165) is 18.5 Å². The second kappa shape index (κ2) is 7.17. The summed E-state index contributed by atoms with van der Waals surface area (Å²) in [6.45, 7) is 3.48. The minimum Gasteiger partial charge on any atom is -0.313 e. The highest BCUT2D eigenvalue weighted by atomic mass is 32.1. The summed E-state index contributed by atoms with van der Waals surface area (Å²) >= 11 is 1.88. The summed E-state index contributed by atoms with van der Waals surface area (Å²) in [7, 11) is 0. The molecule has 2 heteroatoms. The standard InChI is InChI=1S/C15H25NS/c1-2-15(13-7-4-3-5-8-13)16-11-10-14-9-6-12-17-14/h6,9,12-13,15-16H,2-5,7-8,10-11H2,1H3. The van der Waals surface area contributed by atoms with Gasteiger partial charge in [-0.15, -0.1) is 11.3 Å². The van der Waals surface area contributed by atoms with E-state index in [4.69, 9.17) is 0 Å². The summed E-state index contributed by atoms with van der Waals surface area (Å²) in [5, 5.41) is 5.96. The topological polar surface area (TPSA) is 12.0 Å². The monoisotopic (exact) mass is 251 g/mol. The van der Waals surface area contributed by atoms with Crippen LogP contribution in [-0.4, -0.2) is 12.6 Å². The first-order valence-electron chi connectivity index (χ1n) is 7.16. The Hall–Kier alpha value is -0.340. The lowest BCUT2D eigenvalue weighted by molar-refractivity contribution is 0.264. The van der Waals surface area contributed by atoms with Crippen LogP contribution < -0.4 is 5.32 Å². The van der Waals surface area contributed by atoms with Gasteiger partial charge in [0, 0.05) is 17.5 Å². The molecule has 0 saturated heterocycles. The molecule has 1 aromatic rings. The summed E-state index contributed by atoms with van der Waals surface area (Å²) in [5.74, 6) is 0.942. The molecule has 1 nitrogen and oxygen atoms in total. The molecular formula is C15H25NS. The van der Waals surface area contributed by atoms with E-state index in [1.807, 2.05) is 11.3 Å². The molecule has 1 saturated carbocycles. The van der Waals surface area contributed by atoms with Crippen LogP contribution in [0.15, 0.2) is 17.5 Å². The van der Waals surface area contributed by atoms with Gasteiger partial charge in [0.1, 0.15) is 0 Å². The minimum atomic E-state index is 0.760. The number of hydrogen-bond donors (Lipinski definition) is 1. The van der Waals surface area contributed by atoms with E-state index in [2.05, 4.69) is 29.8 Å². The Balaban J connectivity index is 1.71. The van der Waals surface area contributed by atoms with Crippen molar-refractivity contribution in [2.75, 3.05) is 6.54 Å². The third kappa shape index (κ3) is 4.11. The van der Waals surface area contributed by atoms with Crippen molar-refractivity contribution in [3.63, 3.8) is 0 Å². The quantitative estimate of drug-likeness (QED) is 0.797. The third-order valence-electron chi connectivity index (χ3n) is 4.02. The zero-order valence-corrected chi connectivity index (χ0v) is 11.8. The Morgan fingerprint density at radius 1 is 1.35 bits per heavy atom. The van der Waals surface area contributed by atoms with Gasteiger partial charge in [0.05, 0.1) is 0 Å². The lowest BCUT2D eigenvalue weighted by atomic mass is 9.83. The van der Waals surface area contributed by atoms with Crippen molar-refractivity contribution in [3.8, 4) is 0 Å². The first-order valence-corrected chi connectivity index (χ1v) is 8.04. The van der Waals surface area contributed by atoms with Crippen molar-refractivity contribution in [1.29, 1.82) is 0 Å². The van der Waals surface area contributed by atoms with Crippen LogP contribution in [0.4, 0.5) is 0 Å². The highest BCUT2D eigenvalue weighted by molar-refractivity contribution is 7.09. The Morgan fingerprint density at radius 3 is 2.82 bits per heavy atom. The molecule has 0 aromatic carbocycles. The number of hydrogen-bond acceptors (Lipinski definition) is 2. The maximum Gasteiger partial charge on any atom is 0.00928 e. The summed E-state index contributed by atoms with van der Waals surface area (Å²) < 4.78 is 0. The maximum atomic E-state index is 3.78. The van der Waals surface area contributed by atoms with Crippen LogP contribution in [0.2, 0.25) is 0 Å². The molecule has 1 aromatic heterocycles. The molecule has 96 valence electrons. The van der Waals surface area contributed by atoms with Crippen LogP contribution in [-0.2, 0) is 6.42 Å². The predicted molar refractivity (Wildman–Crippen MR) is 76.7 cm³/mol. The van der Waals surface area contributed by atoms with Gasteiger partial charge in [-0.1, -0.05) is 32.3 Å². The summed E-state index contributed by atoms with van der Waals surface area (Å²) in [5.41, 5.74) is 0. The van der Waals surface area contributed by atoms with Crippen molar-refractivity contribution in [1.82, 2.24) is 5.32 Å². The normalized spacial score (nSPS) is 19.4. The molecule has 17 heavy (non-hydrogen) atoms. The van der Waals surface area contributed by atoms with Gasteiger partial charge >= 0.3 is 0 Å². The fourth-order valence-corrected chi connectivity index (χ4v) is 3.73. The van der Waals surface area contributed by atoms with Gasteiger partial charge in [-0.3, -0.25) is 0 Å². The van der Waals surface area contributed by atoms with Crippen LogP contribution in [0.1, 0.15) is 50.3 Å². The van der Waals surface area contributed by atoms with Gasteiger partial charge in [-0.2, -0.15) is 0 Å². The first-order chi connectivity index (χ1) is 8.40. The summed E-state index contributed by atoms with van der Waals surface area (Å²) in [4.78, 5) is 1.51. The van der Waals surface area contributed by atoms with Gasteiger partial charge in [-0.05, 0) is 43.0 Å². The van der Waals surface area contributed by atoms with Crippen molar-refractivity contribution >= 4 is 11.3 Å². The average molecular weight is 251 g/mol. The molecule has 1 N–H and O–H groups in total. The Morgan fingerprint density at radius 2 is 2.18 bits per heavy atom. The van der Waals surface area contributed by atoms with Gasteiger partial charge in [0.25, 0.3) is 0 Å². The average Bonchev–Trinajstić information content (AvgIpc) is 2.89. The fraction of sp³-hybridized carbons (Fsp3) is 0.733. The van der Waals surface area contributed by atoms with Gasteiger partial charge in [0.15, 0.2) is 0 Å². The SMILES string of the molecule is CCC(NCCc1cccs1)C1CCCCC1. The molecule has 0 bridgehead atoms. The molecule has 1 fully saturated rings. The van der Waals surface area contributed by atoms with Crippen molar-refractivity contribution in [2.45, 2.75) is 57.9 Å². The molecule has 1 aliphatic carbocycles. The minimum absolute atomic E-state index is 0.760. The molecule has 0 spiro atoms. The molecule has 0 amide bonds. The Labute approximate surface area is 110 Å². The Kier molecular flexibility index (Phi) is 5.53. The van der Waals surface area contributed by atoms with Crippen LogP contribution in [0.25, 0.3) is 0 Å². The van der Waals surface area contributed by atoms with E-state index in [-0.39, 0.29) is 0 Å². The molecule has 2 rings (SSSR count). The van der Waals surface area contributed by atoms with Gasteiger partial charge in [0.2, 0.25) is 0 Å². The van der Waals surface area contributed by atoms with E-state index in [0.29, 0.717) is 0 Å². The van der Waals surface area contributed by atoms with E-state index in [1.165, 1.54) is 49.8 Å². The molecule has 1 atom stereocenters. The van der Waals surface area contributed by atoms with Crippen LogP contribution >= 0.6 is 11.3 Å². The smallest absolute Gasteiger partial charge is 0.00928 e. The van der Waals surface area contributed by atoms with Crippen LogP contribution in [0, 0.1) is 5.92 Å². The molecular weight excluding hydrogens is 226 g/mol. The van der Waals surface area contributed by atoms with Gasteiger partial charge in [-0.25, -0.2) is 0 Å². The zero-order chi connectivity index (χ0) is 11.9. The summed E-state index contributed by atoms with van der Waals surface area (Å²) in [6.07, 6.45) is 9.74. The van der Waals surface area contributed by atoms with Crippen molar-refractivity contribution in [2.24, 2.45) is 5.92 Å². The molecule has 1 unspecified atom stereocenters.